The molecule has 0 saturated heterocycles. The van der Waals surface area contributed by atoms with Crippen LogP contribution in [0.3, 0.4) is 0 Å². The summed E-state index contributed by atoms with van der Waals surface area (Å²) in [5, 5.41) is 3.94. The molecule has 30 heavy (non-hydrogen) atoms. The number of fused-ring (bicyclic) bond motifs is 4. The lowest BCUT2D eigenvalue weighted by atomic mass is 10.0. The molecule has 0 bridgehead atoms. The number of anilines is 1. The number of benzene rings is 3. The molecule has 0 amide bonds. The molecule has 0 saturated carbocycles. The van der Waals surface area contributed by atoms with Crippen LogP contribution < -0.4 is 21.9 Å². The van der Waals surface area contributed by atoms with Crippen LogP contribution in [0.5, 0.6) is 0 Å². The van der Waals surface area contributed by atoms with Gasteiger partial charge in [0.05, 0.1) is 5.39 Å². The summed E-state index contributed by atoms with van der Waals surface area (Å²) >= 11 is 1.87. The molecule has 2 nitrogen and oxygen atoms in total. The topological polar surface area (TPSA) is 7.12 Å². The Balaban J connectivity index is 0.00000218. The minimum Gasteiger partial charge on any atom is -1.00 e. The fourth-order valence-corrected chi connectivity index (χ4v) is 5.48. The van der Waals surface area contributed by atoms with Gasteiger partial charge in [-0.3, -0.25) is 0 Å². The number of halogens is 1. The van der Waals surface area contributed by atoms with Gasteiger partial charge in [-0.1, -0.05) is 59.9 Å². The Kier molecular flexibility index (Phi) is 6.21. The second kappa shape index (κ2) is 9.03. The maximum Gasteiger partial charge on any atom is 0.262 e. The fraction of sp³-hybridized carbons (Fsp3) is 0.192. The van der Waals surface area contributed by atoms with Crippen molar-refractivity contribution >= 4 is 44.1 Å². The van der Waals surface area contributed by atoms with E-state index >= 15 is 0 Å². The zero-order valence-corrected chi connectivity index (χ0v) is 18.7. The van der Waals surface area contributed by atoms with Crippen LogP contribution in [0.25, 0.3) is 27.1 Å². The molecule has 0 spiro atoms. The van der Waals surface area contributed by atoms with Crippen molar-refractivity contribution in [1.82, 2.24) is 0 Å². The largest absolute Gasteiger partial charge is 1.00 e. The number of rotatable bonds is 4. The van der Waals surface area contributed by atoms with E-state index in [1.165, 1.54) is 50.1 Å². The summed E-state index contributed by atoms with van der Waals surface area (Å²) in [6, 6.07) is 21.9. The van der Waals surface area contributed by atoms with Gasteiger partial charge in [0, 0.05) is 24.5 Å². The lowest BCUT2D eigenvalue weighted by molar-refractivity contribution is -0.664. The Labute approximate surface area is 188 Å². The molecule has 5 rings (SSSR count). The lowest BCUT2D eigenvalue weighted by Crippen LogP contribution is -3.00. The minimum atomic E-state index is 0. The van der Waals surface area contributed by atoms with Crippen molar-refractivity contribution in [2.45, 2.75) is 26.3 Å². The molecule has 0 atom stereocenters. The van der Waals surface area contributed by atoms with Crippen molar-refractivity contribution in [3.05, 3.63) is 89.6 Å². The molecule has 2 heterocycles. The average Bonchev–Trinajstić information content (AvgIpc) is 3.14. The van der Waals surface area contributed by atoms with E-state index in [-0.39, 0.29) is 12.4 Å². The molecule has 1 aliphatic rings. The van der Waals surface area contributed by atoms with Gasteiger partial charge in [-0.05, 0) is 55.0 Å². The van der Waals surface area contributed by atoms with Crippen molar-refractivity contribution in [3.63, 3.8) is 0 Å². The second-order valence-corrected chi connectivity index (χ2v) is 8.51. The number of para-hydroxylation sites is 1. The third-order valence-corrected chi connectivity index (χ3v) is 6.81. The van der Waals surface area contributed by atoms with E-state index in [1.807, 2.05) is 11.3 Å². The van der Waals surface area contributed by atoms with Gasteiger partial charge in [0.2, 0.25) is 5.52 Å². The van der Waals surface area contributed by atoms with Crippen molar-refractivity contribution in [1.29, 1.82) is 0 Å². The first kappa shape index (κ1) is 20.6. The van der Waals surface area contributed by atoms with E-state index in [1.54, 1.807) is 0 Å². The second-order valence-electron chi connectivity index (χ2n) is 7.44. The number of aromatic nitrogens is 1. The normalized spacial score (nSPS) is 14.0. The highest BCUT2D eigenvalue weighted by molar-refractivity contribution is 7.19. The van der Waals surface area contributed by atoms with Crippen LogP contribution in [0, 0.1) is 0 Å². The molecule has 152 valence electrons. The van der Waals surface area contributed by atoms with Crippen LogP contribution in [0.1, 0.15) is 23.9 Å². The smallest absolute Gasteiger partial charge is 0.262 e. The number of hydrogen-bond acceptors (Lipinski definition) is 2. The summed E-state index contributed by atoms with van der Waals surface area (Å²) in [7, 11) is 0. The third-order valence-electron chi connectivity index (χ3n) is 5.69. The van der Waals surface area contributed by atoms with E-state index in [4.69, 9.17) is 0 Å². The molecule has 1 aromatic heterocycles. The van der Waals surface area contributed by atoms with Crippen LogP contribution in [0.2, 0.25) is 0 Å². The Morgan fingerprint density at radius 2 is 1.83 bits per heavy atom. The van der Waals surface area contributed by atoms with E-state index in [0.29, 0.717) is 0 Å². The molecule has 4 aromatic rings. The SMILES string of the molecule is CC[n+]1c(/C=C/C=C/N2CCCc3ccccc32)sc2ccc3ccccc3c21.[Cl-]. The van der Waals surface area contributed by atoms with Gasteiger partial charge in [-0.2, -0.15) is 4.57 Å². The Hall–Kier alpha value is -2.62. The first-order chi connectivity index (χ1) is 14.3. The summed E-state index contributed by atoms with van der Waals surface area (Å²) in [5.74, 6) is 0. The highest BCUT2D eigenvalue weighted by Crippen LogP contribution is 2.29. The van der Waals surface area contributed by atoms with Gasteiger partial charge >= 0.3 is 0 Å². The summed E-state index contributed by atoms with van der Waals surface area (Å²) < 4.78 is 3.78. The molecule has 0 N–H and O–H groups in total. The standard InChI is InChI=1S/C26H25N2S.ClH/c1-2-28-25(29-24-17-16-20-10-3-5-13-22(20)26(24)28)15-7-8-18-27-19-9-12-21-11-4-6-14-23(21)27;/h3-8,10-11,13-18H,2,9,12,19H2,1H3;1H/q+1;/p-1. The summed E-state index contributed by atoms with van der Waals surface area (Å²) in [5.41, 5.74) is 4.15. The predicted molar refractivity (Wildman–Crippen MR) is 125 cm³/mol. The molecule has 0 radical (unpaired) electrons. The molecule has 4 heteroatoms. The minimum absolute atomic E-state index is 0. The summed E-state index contributed by atoms with van der Waals surface area (Å²) in [6.07, 6.45) is 11.2. The van der Waals surface area contributed by atoms with Gasteiger partial charge < -0.3 is 17.3 Å². The number of thiazole rings is 1. The molecule has 3 aromatic carbocycles. The van der Waals surface area contributed by atoms with E-state index in [9.17, 15) is 0 Å². The Morgan fingerprint density at radius 3 is 2.73 bits per heavy atom. The van der Waals surface area contributed by atoms with E-state index in [0.717, 1.165) is 13.1 Å². The van der Waals surface area contributed by atoms with Gasteiger partial charge in [-0.15, -0.1) is 0 Å². The van der Waals surface area contributed by atoms with E-state index < -0.39 is 0 Å². The maximum absolute atomic E-state index is 2.43. The molecule has 1 aliphatic heterocycles. The highest BCUT2D eigenvalue weighted by Gasteiger charge is 2.19. The lowest BCUT2D eigenvalue weighted by Gasteiger charge is -2.27. The molecular formula is C26H25ClN2S. The average molecular weight is 433 g/mol. The van der Waals surface area contributed by atoms with Gasteiger partial charge in [0.1, 0.15) is 11.2 Å². The zero-order chi connectivity index (χ0) is 19.6. The Morgan fingerprint density at radius 1 is 1.00 bits per heavy atom. The third kappa shape index (κ3) is 3.76. The summed E-state index contributed by atoms with van der Waals surface area (Å²) in [4.78, 5) is 2.37. The van der Waals surface area contributed by atoms with Crippen LogP contribution in [0.4, 0.5) is 5.69 Å². The van der Waals surface area contributed by atoms with Crippen molar-refractivity contribution in [2.24, 2.45) is 0 Å². The quantitative estimate of drug-likeness (QED) is 0.354. The molecular weight excluding hydrogens is 408 g/mol. The number of aryl methyl sites for hydroxylation is 2. The number of hydrogen-bond donors (Lipinski definition) is 0. The number of nitrogens with zero attached hydrogens (tertiary/aromatic N) is 2. The number of allylic oxidation sites excluding steroid dienone is 2. The van der Waals surface area contributed by atoms with Gasteiger partial charge in [-0.25, -0.2) is 0 Å². The molecule has 0 aliphatic carbocycles. The van der Waals surface area contributed by atoms with Crippen LogP contribution in [-0.2, 0) is 13.0 Å². The van der Waals surface area contributed by atoms with Crippen molar-refractivity contribution in [2.75, 3.05) is 11.4 Å². The summed E-state index contributed by atoms with van der Waals surface area (Å²) in [6.45, 7) is 4.29. The fourth-order valence-electron chi connectivity index (χ4n) is 4.32. The molecule has 0 fully saturated rings. The van der Waals surface area contributed by atoms with E-state index in [2.05, 4.69) is 101 Å². The monoisotopic (exact) mass is 432 g/mol. The Bertz CT molecular complexity index is 1240. The maximum atomic E-state index is 2.43. The van der Waals surface area contributed by atoms with Crippen LogP contribution in [0.15, 0.2) is 79.0 Å². The zero-order valence-electron chi connectivity index (χ0n) is 17.1. The van der Waals surface area contributed by atoms with Crippen molar-refractivity contribution in [3.8, 4) is 0 Å². The van der Waals surface area contributed by atoms with Crippen LogP contribution in [-0.4, -0.2) is 6.54 Å². The van der Waals surface area contributed by atoms with Crippen molar-refractivity contribution < 1.29 is 17.0 Å². The first-order valence-electron chi connectivity index (χ1n) is 10.4. The molecule has 0 unspecified atom stereocenters. The van der Waals surface area contributed by atoms with Gasteiger partial charge in [0.25, 0.3) is 5.01 Å². The predicted octanol–water partition coefficient (Wildman–Crippen LogP) is 3.35. The highest BCUT2D eigenvalue weighted by atomic mass is 35.5. The first-order valence-corrected chi connectivity index (χ1v) is 11.2. The van der Waals surface area contributed by atoms with Crippen LogP contribution >= 0.6 is 11.3 Å². The van der Waals surface area contributed by atoms with Gasteiger partial charge in [0.15, 0.2) is 0 Å².